The molecule has 0 aliphatic heterocycles. The number of carbonyl (C=O) groups excluding carboxylic acids is 1. The summed E-state index contributed by atoms with van der Waals surface area (Å²) in [5.41, 5.74) is 1.31. The number of fused-ring (bicyclic) bond motifs is 1. The van der Waals surface area contributed by atoms with Crippen molar-refractivity contribution >= 4 is 28.5 Å². The molecule has 1 aromatic carbocycles. The Balaban J connectivity index is 2.56. The molecule has 4 heteroatoms. The Bertz CT molecular complexity index is 490. The van der Waals surface area contributed by atoms with Gasteiger partial charge >= 0.3 is 5.97 Å². The van der Waals surface area contributed by atoms with Crippen LogP contribution in [0.1, 0.15) is 10.5 Å². The quantitative estimate of drug-likeness (QED) is 0.734. The molecule has 0 saturated heterocycles. The van der Waals surface area contributed by atoms with Crippen LogP contribution in [0.2, 0.25) is 5.02 Å². The largest absolute Gasteiger partial charge is 0.464 e. The van der Waals surface area contributed by atoms with Crippen molar-refractivity contribution < 1.29 is 9.53 Å². The minimum absolute atomic E-state index is 0.377. The van der Waals surface area contributed by atoms with Gasteiger partial charge in [-0.2, -0.15) is 0 Å². The zero-order chi connectivity index (χ0) is 10.1. The standard InChI is InChI=1S/C10H8ClNO2/c1-14-10(13)9-5-6-4-7(11)2-3-8(6)12-9/h2-5,12H,1H3. The van der Waals surface area contributed by atoms with E-state index >= 15 is 0 Å². The topological polar surface area (TPSA) is 42.1 Å². The Kier molecular flexibility index (Phi) is 2.17. The van der Waals surface area contributed by atoms with Crippen molar-refractivity contribution in [2.45, 2.75) is 0 Å². The van der Waals surface area contributed by atoms with Crippen LogP contribution >= 0.6 is 11.6 Å². The van der Waals surface area contributed by atoms with E-state index in [9.17, 15) is 4.79 Å². The average Bonchev–Trinajstić information content (AvgIpc) is 2.59. The molecule has 0 saturated carbocycles. The molecular weight excluding hydrogens is 202 g/mol. The lowest BCUT2D eigenvalue weighted by Gasteiger charge is -1.92. The Labute approximate surface area is 85.6 Å². The number of esters is 1. The number of aromatic nitrogens is 1. The van der Waals surface area contributed by atoms with Crippen molar-refractivity contribution in [3.63, 3.8) is 0 Å². The summed E-state index contributed by atoms with van der Waals surface area (Å²) in [7, 11) is 1.35. The summed E-state index contributed by atoms with van der Waals surface area (Å²) in [5, 5.41) is 1.55. The summed E-state index contributed by atoms with van der Waals surface area (Å²) in [6.45, 7) is 0. The zero-order valence-corrected chi connectivity index (χ0v) is 8.26. The van der Waals surface area contributed by atoms with Crippen molar-refractivity contribution in [1.82, 2.24) is 4.98 Å². The summed E-state index contributed by atoms with van der Waals surface area (Å²) in [6, 6.07) is 7.10. The molecular formula is C10H8ClNO2. The molecule has 0 spiro atoms. The number of carbonyl (C=O) groups is 1. The van der Waals surface area contributed by atoms with Crippen LogP contribution in [0.3, 0.4) is 0 Å². The van der Waals surface area contributed by atoms with E-state index in [1.807, 2.05) is 6.07 Å². The van der Waals surface area contributed by atoms with E-state index < -0.39 is 0 Å². The number of ether oxygens (including phenoxy) is 1. The fraction of sp³-hybridized carbons (Fsp3) is 0.100. The number of nitrogens with one attached hydrogen (secondary N) is 1. The lowest BCUT2D eigenvalue weighted by Crippen LogP contribution is -2.00. The Morgan fingerprint density at radius 1 is 1.43 bits per heavy atom. The first kappa shape index (κ1) is 9.09. The molecule has 0 fully saturated rings. The van der Waals surface area contributed by atoms with Gasteiger partial charge in [-0.05, 0) is 24.3 Å². The van der Waals surface area contributed by atoms with E-state index in [1.165, 1.54) is 7.11 Å². The first-order chi connectivity index (χ1) is 6.70. The Hall–Kier alpha value is -1.48. The van der Waals surface area contributed by atoms with Gasteiger partial charge in [0.15, 0.2) is 0 Å². The van der Waals surface area contributed by atoms with Crippen LogP contribution in [0.5, 0.6) is 0 Å². The van der Waals surface area contributed by atoms with Crippen molar-refractivity contribution in [2.75, 3.05) is 7.11 Å². The molecule has 2 rings (SSSR count). The van der Waals surface area contributed by atoms with Gasteiger partial charge in [0.1, 0.15) is 5.69 Å². The molecule has 3 nitrogen and oxygen atoms in total. The SMILES string of the molecule is COC(=O)c1cc2cc(Cl)ccc2[nH]1. The van der Waals surface area contributed by atoms with Gasteiger partial charge in [0.05, 0.1) is 7.11 Å². The lowest BCUT2D eigenvalue weighted by molar-refractivity contribution is 0.0595. The number of H-pyrrole nitrogens is 1. The van der Waals surface area contributed by atoms with Crippen molar-refractivity contribution in [2.24, 2.45) is 0 Å². The average molecular weight is 210 g/mol. The maximum Gasteiger partial charge on any atom is 0.354 e. The highest BCUT2D eigenvalue weighted by atomic mass is 35.5. The second-order valence-corrected chi connectivity index (χ2v) is 3.34. The summed E-state index contributed by atoms with van der Waals surface area (Å²) in [5.74, 6) is -0.377. The number of rotatable bonds is 1. The van der Waals surface area contributed by atoms with Crippen molar-refractivity contribution in [3.8, 4) is 0 Å². The number of benzene rings is 1. The number of halogens is 1. The molecule has 1 heterocycles. The van der Waals surface area contributed by atoms with Crippen LogP contribution in [0, 0.1) is 0 Å². The molecule has 1 N–H and O–H groups in total. The molecule has 72 valence electrons. The van der Waals surface area contributed by atoms with Crippen LogP contribution in [0.25, 0.3) is 10.9 Å². The van der Waals surface area contributed by atoms with Gasteiger partial charge < -0.3 is 9.72 Å². The number of aromatic amines is 1. The molecule has 2 aromatic rings. The molecule has 0 atom stereocenters. The van der Waals surface area contributed by atoms with Crippen LogP contribution in [0.15, 0.2) is 24.3 Å². The fourth-order valence-electron chi connectivity index (χ4n) is 1.32. The van der Waals surface area contributed by atoms with Gasteiger partial charge in [-0.3, -0.25) is 0 Å². The molecule has 0 amide bonds. The van der Waals surface area contributed by atoms with Crippen molar-refractivity contribution in [3.05, 3.63) is 35.0 Å². The van der Waals surface area contributed by atoms with E-state index in [2.05, 4.69) is 9.72 Å². The highest BCUT2D eigenvalue weighted by Gasteiger charge is 2.08. The normalized spacial score (nSPS) is 10.4. The van der Waals surface area contributed by atoms with Gasteiger partial charge in [-0.15, -0.1) is 0 Å². The first-order valence-electron chi connectivity index (χ1n) is 4.07. The van der Waals surface area contributed by atoms with Crippen LogP contribution in [-0.4, -0.2) is 18.1 Å². The zero-order valence-electron chi connectivity index (χ0n) is 7.50. The third kappa shape index (κ3) is 1.46. The van der Waals surface area contributed by atoms with Gasteiger partial charge in [-0.25, -0.2) is 4.79 Å². The third-order valence-electron chi connectivity index (χ3n) is 1.99. The summed E-state index contributed by atoms with van der Waals surface area (Å²) in [4.78, 5) is 14.1. The predicted molar refractivity (Wildman–Crippen MR) is 54.6 cm³/mol. The second-order valence-electron chi connectivity index (χ2n) is 2.91. The van der Waals surface area contributed by atoms with Gasteiger partial charge in [0, 0.05) is 15.9 Å². The van der Waals surface area contributed by atoms with E-state index in [-0.39, 0.29) is 5.97 Å². The molecule has 1 aromatic heterocycles. The number of hydrogen-bond acceptors (Lipinski definition) is 2. The minimum Gasteiger partial charge on any atom is -0.464 e. The lowest BCUT2D eigenvalue weighted by atomic mass is 10.2. The van der Waals surface area contributed by atoms with Crippen LogP contribution in [0.4, 0.5) is 0 Å². The first-order valence-corrected chi connectivity index (χ1v) is 4.45. The van der Waals surface area contributed by atoms with Crippen LogP contribution in [-0.2, 0) is 4.74 Å². The van der Waals surface area contributed by atoms with Crippen molar-refractivity contribution in [1.29, 1.82) is 0 Å². The molecule has 0 bridgehead atoms. The van der Waals surface area contributed by atoms with E-state index in [0.29, 0.717) is 10.7 Å². The smallest absolute Gasteiger partial charge is 0.354 e. The maximum absolute atomic E-state index is 11.2. The fourth-order valence-corrected chi connectivity index (χ4v) is 1.50. The molecule has 14 heavy (non-hydrogen) atoms. The number of hydrogen-bond donors (Lipinski definition) is 1. The molecule has 0 unspecified atom stereocenters. The number of methoxy groups -OCH3 is 1. The Morgan fingerprint density at radius 3 is 2.93 bits per heavy atom. The highest BCUT2D eigenvalue weighted by Crippen LogP contribution is 2.20. The second kappa shape index (κ2) is 3.35. The van der Waals surface area contributed by atoms with E-state index in [1.54, 1.807) is 18.2 Å². The predicted octanol–water partition coefficient (Wildman–Crippen LogP) is 2.61. The summed E-state index contributed by atoms with van der Waals surface area (Å²) in [6.07, 6.45) is 0. The molecule has 0 aliphatic carbocycles. The van der Waals surface area contributed by atoms with E-state index in [0.717, 1.165) is 10.9 Å². The third-order valence-corrected chi connectivity index (χ3v) is 2.22. The molecule has 0 aliphatic rings. The van der Waals surface area contributed by atoms with Gasteiger partial charge in [0.2, 0.25) is 0 Å². The minimum atomic E-state index is -0.377. The molecule has 0 radical (unpaired) electrons. The highest BCUT2D eigenvalue weighted by molar-refractivity contribution is 6.31. The van der Waals surface area contributed by atoms with Gasteiger partial charge in [-0.1, -0.05) is 11.6 Å². The van der Waals surface area contributed by atoms with Crippen LogP contribution < -0.4 is 0 Å². The Morgan fingerprint density at radius 2 is 2.21 bits per heavy atom. The van der Waals surface area contributed by atoms with E-state index in [4.69, 9.17) is 11.6 Å². The monoisotopic (exact) mass is 209 g/mol. The summed E-state index contributed by atoms with van der Waals surface area (Å²) >= 11 is 5.81. The van der Waals surface area contributed by atoms with Gasteiger partial charge in [0.25, 0.3) is 0 Å². The maximum atomic E-state index is 11.2. The summed E-state index contributed by atoms with van der Waals surface area (Å²) < 4.78 is 4.59.